The van der Waals surface area contributed by atoms with Crippen molar-refractivity contribution in [3.8, 4) is 0 Å². The molecule has 1 fully saturated rings. The van der Waals surface area contributed by atoms with Gasteiger partial charge in [-0.15, -0.1) is 0 Å². The van der Waals surface area contributed by atoms with E-state index in [4.69, 9.17) is 0 Å². The van der Waals surface area contributed by atoms with Gasteiger partial charge in [-0.3, -0.25) is 9.79 Å². The summed E-state index contributed by atoms with van der Waals surface area (Å²) < 4.78 is 0. The van der Waals surface area contributed by atoms with Gasteiger partial charge in [-0.25, -0.2) is 0 Å². The topological polar surface area (TPSA) is 51.2 Å². The molecule has 1 N–H and O–H groups in total. The molecule has 0 spiro atoms. The van der Waals surface area contributed by atoms with E-state index in [-0.39, 0.29) is 5.91 Å². The first kappa shape index (κ1) is 17.1. The standard InChI is InChI=1S/C17H27N5O/c1-18-17(19-10-9-16(23)20(2)3)22-13-11-21(12-14-22)15-7-5-4-6-8-15/h4-8H,9-14H2,1-3H3,(H,18,19). The summed E-state index contributed by atoms with van der Waals surface area (Å²) in [6, 6.07) is 10.5. The second kappa shape index (κ2) is 8.41. The molecule has 2 rings (SSSR count). The number of rotatable bonds is 4. The summed E-state index contributed by atoms with van der Waals surface area (Å²) in [5, 5.41) is 3.29. The summed E-state index contributed by atoms with van der Waals surface area (Å²) in [6.07, 6.45) is 0.482. The van der Waals surface area contributed by atoms with Crippen LogP contribution in [0.1, 0.15) is 6.42 Å². The minimum Gasteiger partial charge on any atom is -0.368 e. The Balaban J connectivity index is 1.79. The molecule has 0 radical (unpaired) electrons. The van der Waals surface area contributed by atoms with Gasteiger partial charge in [-0.2, -0.15) is 0 Å². The van der Waals surface area contributed by atoms with Crippen LogP contribution in [0.5, 0.6) is 0 Å². The minimum absolute atomic E-state index is 0.127. The lowest BCUT2D eigenvalue weighted by molar-refractivity contribution is -0.128. The highest BCUT2D eigenvalue weighted by Crippen LogP contribution is 2.15. The van der Waals surface area contributed by atoms with E-state index in [1.807, 2.05) is 6.07 Å². The van der Waals surface area contributed by atoms with E-state index in [2.05, 4.69) is 44.4 Å². The lowest BCUT2D eigenvalue weighted by Gasteiger charge is -2.37. The van der Waals surface area contributed by atoms with E-state index in [1.165, 1.54) is 5.69 Å². The average molecular weight is 317 g/mol. The summed E-state index contributed by atoms with van der Waals surface area (Å²) >= 11 is 0. The quantitative estimate of drug-likeness (QED) is 0.661. The zero-order valence-corrected chi connectivity index (χ0v) is 14.3. The molecule has 23 heavy (non-hydrogen) atoms. The van der Waals surface area contributed by atoms with Crippen LogP contribution in [0.25, 0.3) is 0 Å². The third kappa shape index (κ3) is 4.87. The van der Waals surface area contributed by atoms with Crippen molar-refractivity contribution in [2.75, 3.05) is 58.8 Å². The molecule has 1 saturated heterocycles. The fourth-order valence-electron chi connectivity index (χ4n) is 2.65. The Morgan fingerprint density at radius 1 is 1.17 bits per heavy atom. The van der Waals surface area contributed by atoms with Crippen LogP contribution in [0.2, 0.25) is 0 Å². The zero-order chi connectivity index (χ0) is 16.7. The van der Waals surface area contributed by atoms with E-state index in [1.54, 1.807) is 26.0 Å². The van der Waals surface area contributed by atoms with Crippen LogP contribution in [0, 0.1) is 0 Å². The van der Waals surface area contributed by atoms with E-state index < -0.39 is 0 Å². The number of amides is 1. The Bertz CT molecular complexity index is 521. The predicted molar refractivity (Wildman–Crippen MR) is 94.9 cm³/mol. The minimum atomic E-state index is 0.127. The van der Waals surface area contributed by atoms with Gasteiger partial charge in [0.15, 0.2) is 5.96 Å². The highest BCUT2D eigenvalue weighted by molar-refractivity contribution is 5.81. The predicted octanol–water partition coefficient (Wildman–Crippen LogP) is 0.862. The van der Waals surface area contributed by atoms with Crippen molar-refractivity contribution in [3.05, 3.63) is 30.3 Å². The van der Waals surface area contributed by atoms with Gasteiger partial charge < -0.3 is 20.0 Å². The summed E-state index contributed by atoms with van der Waals surface area (Å²) in [4.78, 5) is 22.2. The molecular weight excluding hydrogens is 290 g/mol. The average Bonchev–Trinajstić information content (AvgIpc) is 2.59. The zero-order valence-electron chi connectivity index (χ0n) is 14.3. The number of aliphatic imine (C=N–C) groups is 1. The molecule has 0 bridgehead atoms. The molecule has 0 aliphatic carbocycles. The molecular formula is C17H27N5O. The summed E-state index contributed by atoms with van der Waals surface area (Å²) in [5.74, 6) is 1.01. The van der Waals surface area contributed by atoms with Gasteiger partial charge >= 0.3 is 0 Å². The van der Waals surface area contributed by atoms with E-state index in [0.717, 1.165) is 32.1 Å². The number of carbonyl (C=O) groups excluding carboxylic acids is 1. The number of nitrogens with one attached hydrogen (secondary N) is 1. The first-order valence-electron chi connectivity index (χ1n) is 8.07. The monoisotopic (exact) mass is 317 g/mol. The largest absolute Gasteiger partial charge is 0.368 e. The highest BCUT2D eigenvalue weighted by Gasteiger charge is 2.19. The smallest absolute Gasteiger partial charge is 0.223 e. The molecule has 1 aromatic carbocycles. The molecule has 1 aliphatic heterocycles. The highest BCUT2D eigenvalue weighted by atomic mass is 16.2. The van der Waals surface area contributed by atoms with Crippen molar-refractivity contribution in [2.45, 2.75) is 6.42 Å². The number of guanidine groups is 1. The maximum atomic E-state index is 11.6. The molecule has 1 amide bonds. The van der Waals surface area contributed by atoms with Crippen LogP contribution in [0.4, 0.5) is 5.69 Å². The van der Waals surface area contributed by atoms with E-state index >= 15 is 0 Å². The van der Waals surface area contributed by atoms with Crippen LogP contribution in [0.3, 0.4) is 0 Å². The second-order valence-corrected chi connectivity index (χ2v) is 5.82. The number of para-hydroxylation sites is 1. The molecule has 0 unspecified atom stereocenters. The molecule has 1 aliphatic rings. The van der Waals surface area contributed by atoms with Gasteiger partial charge in [0.2, 0.25) is 5.91 Å². The van der Waals surface area contributed by atoms with Gasteiger partial charge in [0.25, 0.3) is 0 Å². The lowest BCUT2D eigenvalue weighted by Crippen LogP contribution is -2.52. The maximum absolute atomic E-state index is 11.6. The number of piperazine rings is 1. The molecule has 6 heteroatoms. The Morgan fingerprint density at radius 3 is 2.39 bits per heavy atom. The van der Waals surface area contributed by atoms with Crippen LogP contribution >= 0.6 is 0 Å². The third-order valence-electron chi connectivity index (χ3n) is 4.03. The van der Waals surface area contributed by atoms with Crippen LogP contribution in [0.15, 0.2) is 35.3 Å². The summed E-state index contributed by atoms with van der Waals surface area (Å²) in [7, 11) is 5.35. The number of hydrogen-bond donors (Lipinski definition) is 1. The Morgan fingerprint density at radius 2 is 1.83 bits per heavy atom. The molecule has 0 aromatic heterocycles. The van der Waals surface area contributed by atoms with Crippen LogP contribution < -0.4 is 10.2 Å². The lowest BCUT2D eigenvalue weighted by atomic mass is 10.2. The fraction of sp³-hybridized carbons (Fsp3) is 0.529. The summed E-state index contributed by atoms with van der Waals surface area (Å²) in [5.41, 5.74) is 1.27. The van der Waals surface area contributed by atoms with Gasteiger partial charge in [-0.1, -0.05) is 18.2 Å². The maximum Gasteiger partial charge on any atom is 0.223 e. The van der Waals surface area contributed by atoms with Gasteiger partial charge in [0.1, 0.15) is 0 Å². The Hall–Kier alpha value is -2.24. The fourth-order valence-corrected chi connectivity index (χ4v) is 2.65. The molecule has 1 heterocycles. The van der Waals surface area contributed by atoms with E-state index in [0.29, 0.717) is 13.0 Å². The molecule has 1 aromatic rings. The first-order chi connectivity index (χ1) is 11.1. The Labute approximate surface area is 138 Å². The van der Waals surface area contributed by atoms with Crippen molar-refractivity contribution in [3.63, 3.8) is 0 Å². The first-order valence-corrected chi connectivity index (χ1v) is 8.07. The van der Waals surface area contributed by atoms with Crippen LogP contribution in [-0.4, -0.2) is 75.5 Å². The molecule has 6 nitrogen and oxygen atoms in total. The van der Waals surface area contributed by atoms with Crippen molar-refractivity contribution >= 4 is 17.6 Å². The van der Waals surface area contributed by atoms with Crippen molar-refractivity contribution in [1.29, 1.82) is 0 Å². The number of anilines is 1. The number of nitrogens with zero attached hydrogens (tertiary/aromatic N) is 4. The molecule has 0 saturated carbocycles. The third-order valence-corrected chi connectivity index (χ3v) is 4.03. The van der Waals surface area contributed by atoms with Gasteiger partial charge in [0, 0.05) is 66.0 Å². The van der Waals surface area contributed by atoms with E-state index in [9.17, 15) is 4.79 Å². The normalized spacial score (nSPS) is 15.5. The van der Waals surface area contributed by atoms with Gasteiger partial charge in [0.05, 0.1) is 0 Å². The second-order valence-electron chi connectivity index (χ2n) is 5.82. The Kier molecular flexibility index (Phi) is 6.26. The number of hydrogen-bond acceptors (Lipinski definition) is 3. The number of benzene rings is 1. The van der Waals surface area contributed by atoms with Crippen LogP contribution in [-0.2, 0) is 4.79 Å². The van der Waals surface area contributed by atoms with Gasteiger partial charge in [-0.05, 0) is 12.1 Å². The molecule has 0 atom stereocenters. The summed E-state index contributed by atoms with van der Waals surface area (Å²) in [6.45, 7) is 4.41. The molecule has 126 valence electrons. The van der Waals surface area contributed by atoms with Crippen molar-refractivity contribution in [2.24, 2.45) is 4.99 Å². The van der Waals surface area contributed by atoms with Crippen molar-refractivity contribution < 1.29 is 4.79 Å². The SMILES string of the molecule is CN=C(NCCC(=O)N(C)C)N1CCN(c2ccccc2)CC1. The number of carbonyl (C=O) groups is 1. The van der Waals surface area contributed by atoms with Crippen molar-refractivity contribution in [1.82, 2.24) is 15.1 Å².